The number of rotatable bonds is 4. The fraction of sp³-hybridized carbons (Fsp3) is 0.267. The van der Waals surface area contributed by atoms with Gasteiger partial charge in [0, 0.05) is 35.2 Å². The highest BCUT2D eigenvalue weighted by Gasteiger charge is 2.33. The van der Waals surface area contributed by atoms with Crippen molar-refractivity contribution in [3.8, 4) is 11.8 Å². The summed E-state index contributed by atoms with van der Waals surface area (Å²) in [5.41, 5.74) is 7.89. The molecular weight excluding hydrogens is 437 g/mol. The van der Waals surface area contributed by atoms with Crippen molar-refractivity contribution >= 4 is 16.6 Å². The van der Waals surface area contributed by atoms with E-state index in [4.69, 9.17) is 9.72 Å². The molecule has 0 atom stereocenters. The summed E-state index contributed by atoms with van der Waals surface area (Å²) in [5.74, 6) is 2.16. The summed E-state index contributed by atoms with van der Waals surface area (Å²) >= 11 is 0. The lowest BCUT2D eigenvalue weighted by Gasteiger charge is -2.15. The quantitative estimate of drug-likeness (QED) is 0.317. The second-order valence-electron chi connectivity index (χ2n) is 9.91. The summed E-state index contributed by atoms with van der Waals surface area (Å²) in [4.78, 5) is 4.94. The molecule has 3 aromatic carbocycles. The third-order valence-electron chi connectivity index (χ3n) is 7.38. The number of nitrogens with zero attached hydrogens (tertiary/aromatic N) is 3. The molecule has 2 fully saturated rings. The van der Waals surface area contributed by atoms with Crippen LogP contribution in [0.1, 0.15) is 59.7 Å². The summed E-state index contributed by atoms with van der Waals surface area (Å²) in [7, 11) is 0. The fourth-order valence-corrected chi connectivity index (χ4v) is 5.34. The summed E-state index contributed by atoms with van der Waals surface area (Å²) in [6.45, 7) is 1.07. The van der Waals surface area contributed by atoms with Gasteiger partial charge >= 0.3 is 0 Å². The highest BCUT2D eigenvalue weighted by Crippen LogP contribution is 2.46. The minimum absolute atomic E-state index is 0.275. The van der Waals surface area contributed by atoms with E-state index in [1.54, 1.807) is 6.07 Å². The van der Waals surface area contributed by atoms with Gasteiger partial charge in [-0.05, 0) is 78.6 Å². The van der Waals surface area contributed by atoms with E-state index in [0.29, 0.717) is 18.3 Å². The Bertz CT molecular complexity index is 1570. The van der Waals surface area contributed by atoms with E-state index >= 15 is 0 Å². The van der Waals surface area contributed by atoms with Crippen molar-refractivity contribution in [3.05, 3.63) is 100 Å². The second-order valence-corrected chi connectivity index (χ2v) is 9.91. The number of para-hydroxylation sites is 2. The Morgan fingerprint density at radius 3 is 2.66 bits per heavy atom. The van der Waals surface area contributed by atoms with Gasteiger partial charge in [0.25, 0.3) is 0 Å². The van der Waals surface area contributed by atoms with Crippen molar-refractivity contribution in [2.75, 3.05) is 0 Å². The molecule has 5 heteroatoms. The van der Waals surface area contributed by atoms with E-state index in [0.717, 1.165) is 58.3 Å². The van der Waals surface area contributed by atoms with Crippen LogP contribution in [-0.4, -0.2) is 9.55 Å². The number of halogens is 1. The van der Waals surface area contributed by atoms with Gasteiger partial charge in [-0.2, -0.15) is 5.26 Å². The van der Waals surface area contributed by atoms with Crippen LogP contribution in [0.4, 0.5) is 4.39 Å². The Kier molecular flexibility index (Phi) is 4.57. The molecular formula is C30H24FN3O. The van der Waals surface area contributed by atoms with Gasteiger partial charge in [-0.15, -0.1) is 0 Å². The molecule has 172 valence electrons. The summed E-state index contributed by atoms with van der Waals surface area (Å²) in [6, 6.07) is 21.9. The molecule has 4 aromatic rings. The zero-order chi connectivity index (χ0) is 23.5. The van der Waals surface area contributed by atoms with Crippen molar-refractivity contribution < 1.29 is 9.13 Å². The van der Waals surface area contributed by atoms with E-state index in [1.165, 1.54) is 36.4 Å². The lowest BCUT2D eigenvalue weighted by molar-refractivity contribution is 0.305. The third-order valence-corrected chi connectivity index (χ3v) is 7.38. The molecule has 2 aliphatic carbocycles. The summed E-state index contributed by atoms with van der Waals surface area (Å²) in [5, 5.41) is 10.1. The van der Waals surface area contributed by atoms with Crippen molar-refractivity contribution in [1.82, 2.24) is 9.55 Å². The van der Waals surface area contributed by atoms with Crippen LogP contribution in [0.25, 0.3) is 16.6 Å². The standard InChI is InChI=1S/C30H24FN3O/c31-22-10-12-24-28(14-22)35-17-21-13-18(5-11-23(21)29(24)25(15-32)19-6-7-19)16-34-27-4-2-1-3-26(27)33-30(34)20-8-9-20/h1-5,10-14,19-20H,6-9,16-17H2/b29-25-. The van der Waals surface area contributed by atoms with E-state index in [1.807, 2.05) is 6.07 Å². The van der Waals surface area contributed by atoms with Crippen LogP contribution < -0.4 is 4.74 Å². The maximum absolute atomic E-state index is 14.1. The Morgan fingerprint density at radius 2 is 1.86 bits per heavy atom. The van der Waals surface area contributed by atoms with Gasteiger partial charge in [0.1, 0.15) is 24.0 Å². The minimum atomic E-state index is -0.334. The molecule has 0 amide bonds. The molecule has 2 saturated carbocycles. The maximum atomic E-state index is 14.1. The lowest BCUT2D eigenvalue weighted by atomic mass is 9.88. The molecule has 0 saturated heterocycles. The second kappa shape index (κ2) is 7.81. The van der Waals surface area contributed by atoms with E-state index in [2.05, 4.69) is 47.0 Å². The lowest BCUT2D eigenvalue weighted by Crippen LogP contribution is -2.06. The molecule has 0 unspecified atom stereocenters. The van der Waals surface area contributed by atoms with Crippen molar-refractivity contribution in [2.24, 2.45) is 5.92 Å². The predicted octanol–water partition coefficient (Wildman–Crippen LogP) is 6.73. The first-order chi connectivity index (χ1) is 17.2. The SMILES string of the molecule is N#C/C(=C1\c2ccc(Cn3c(C4CC4)nc4ccccc43)cc2COc2cc(F)ccc21)C1CC1. The van der Waals surface area contributed by atoms with Gasteiger partial charge in [0.15, 0.2) is 0 Å². The van der Waals surface area contributed by atoms with Crippen molar-refractivity contribution in [2.45, 2.75) is 44.8 Å². The zero-order valence-electron chi connectivity index (χ0n) is 19.3. The van der Waals surface area contributed by atoms with Crippen LogP contribution in [0, 0.1) is 23.1 Å². The number of hydrogen-bond donors (Lipinski definition) is 0. The molecule has 3 aliphatic rings. The molecule has 2 heterocycles. The van der Waals surface area contributed by atoms with Gasteiger partial charge in [0.05, 0.1) is 17.1 Å². The first-order valence-electron chi connectivity index (χ1n) is 12.3. The number of allylic oxidation sites excluding steroid dienone is 1. The largest absolute Gasteiger partial charge is 0.488 e. The molecule has 1 aliphatic heterocycles. The highest BCUT2D eigenvalue weighted by molar-refractivity contribution is 5.89. The molecule has 35 heavy (non-hydrogen) atoms. The molecule has 4 nitrogen and oxygen atoms in total. The number of nitriles is 1. The average Bonchev–Trinajstić information content (AvgIpc) is 3.79. The topological polar surface area (TPSA) is 50.8 Å². The molecule has 0 N–H and O–H groups in total. The smallest absolute Gasteiger partial charge is 0.130 e. The number of imidazole rings is 1. The first-order valence-corrected chi connectivity index (χ1v) is 12.3. The Morgan fingerprint density at radius 1 is 1.03 bits per heavy atom. The molecule has 0 spiro atoms. The van der Waals surface area contributed by atoms with Crippen LogP contribution in [0.2, 0.25) is 0 Å². The summed E-state index contributed by atoms with van der Waals surface area (Å²) in [6.07, 6.45) is 4.44. The van der Waals surface area contributed by atoms with Crippen LogP contribution >= 0.6 is 0 Å². The minimum Gasteiger partial charge on any atom is -0.488 e. The highest BCUT2D eigenvalue weighted by atomic mass is 19.1. The van der Waals surface area contributed by atoms with E-state index < -0.39 is 0 Å². The monoisotopic (exact) mass is 461 g/mol. The van der Waals surface area contributed by atoms with Crippen molar-refractivity contribution in [1.29, 1.82) is 5.26 Å². The van der Waals surface area contributed by atoms with Gasteiger partial charge in [-0.25, -0.2) is 9.37 Å². The van der Waals surface area contributed by atoms with Gasteiger partial charge < -0.3 is 9.30 Å². The predicted molar refractivity (Wildman–Crippen MR) is 132 cm³/mol. The number of ether oxygens (including phenoxy) is 1. The third kappa shape index (κ3) is 3.52. The van der Waals surface area contributed by atoms with E-state index in [-0.39, 0.29) is 11.7 Å². The van der Waals surface area contributed by atoms with Gasteiger partial charge in [-0.1, -0.05) is 24.3 Å². The number of fused-ring (bicyclic) bond motifs is 3. The van der Waals surface area contributed by atoms with Gasteiger partial charge in [0.2, 0.25) is 0 Å². The molecule has 1 aromatic heterocycles. The maximum Gasteiger partial charge on any atom is 0.130 e. The fourth-order valence-electron chi connectivity index (χ4n) is 5.34. The summed E-state index contributed by atoms with van der Waals surface area (Å²) < 4.78 is 22.5. The Balaban J connectivity index is 1.35. The van der Waals surface area contributed by atoms with Crippen LogP contribution in [0.5, 0.6) is 5.75 Å². The van der Waals surface area contributed by atoms with Crippen LogP contribution in [0.3, 0.4) is 0 Å². The number of hydrogen-bond acceptors (Lipinski definition) is 3. The Labute approximate surface area is 203 Å². The normalized spacial score (nSPS) is 18.3. The number of aromatic nitrogens is 2. The average molecular weight is 462 g/mol. The van der Waals surface area contributed by atoms with Crippen LogP contribution in [0.15, 0.2) is 66.2 Å². The number of benzene rings is 3. The van der Waals surface area contributed by atoms with Crippen LogP contribution in [-0.2, 0) is 13.2 Å². The molecule has 0 radical (unpaired) electrons. The van der Waals surface area contributed by atoms with Crippen molar-refractivity contribution in [3.63, 3.8) is 0 Å². The Hall–Kier alpha value is -3.91. The van der Waals surface area contributed by atoms with Gasteiger partial charge in [-0.3, -0.25) is 0 Å². The van der Waals surface area contributed by atoms with E-state index in [9.17, 15) is 9.65 Å². The molecule has 7 rings (SSSR count). The first kappa shape index (κ1) is 20.5. The zero-order valence-corrected chi connectivity index (χ0v) is 19.3. The molecule has 0 bridgehead atoms.